The number of hydrogen-bond donors (Lipinski definition) is 1. The molecule has 10 heteroatoms. The molecule has 45 heavy (non-hydrogen) atoms. The van der Waals surface area contributed by atoms with Crippen LogP contribution in [0.15, 0.2) is 72.2 Å². The Hall–Kier alpha value is -5.12. The Balaban J connectivity index is 1.68. The summed E-state index contributed by atoms with van der Waals surface area (Å²) in [5, 5.41) is 12.3. The molecule has 1 fully saturated rings. The van der Waals surface area contributed by atoms with Crippen LogP contribution in [0.5, 0.6) is 5.75 Å². The van der Waals surface area contributed by atoms with Gasteiger partial charge in [0.15, 0.2) is 5.65 Å². The number of carbonyl (C=O) groups excluding carboxylic acids is 1. The van der Waals surface area contributed by atoms with Gasteiger partial charge in [-0.1, -0.05) is 44.7 Å². The summed E-state index contributed by atoms with van der Waals surface area (Å²) in [6.45, 7) is 14.1. The molecule has 230 valence electrons. The minimum Gasteiger partial charge on any atom is -0.508 e. The van der Waals surface area contributed by atoms with Crippen molar-refractivity contribution < 1.29 is 14.3 Å². The Kier molecular flexibility index (Phi) is 7.60. The molecule has 2 aromatic carbocycles. The van der Waals surface area contributed by atoms with E-state index in [1.807, 2.05) is 69.9 Å². The van der Waals surface area contributed by atoms with E-state index in [4.69, 9.17) is 4.98 Å². The number of piperazine rings is 1. The van der Waals surface area contributed by atoms with Crippen LogP contribution in [0.3, 0.4) is 0 Å². The number of aromatic nitrogens is 4. The lowest BCUT2D eigenvalue weighted by Crippen LogP contribution is -2.58. The van der Waals surface area contributed by atoms with Gasteiger partial charge < -0.3 is 14.9 Å². The van der Waals surface area contributed by atoms with Crippen molar-refractivity contribution in [3.63, 3.8) is 0 Å². The van der Waals surface area contributed by atoms with Gasteiger partial charge in [-0.15, -0.1) is 0 Å². The molecule has 1 amide bonds. The number of fused-ring (bicyclic) bond motifs is 2. The normalized spacial score (nSPS) is 17.0. The third-order valence-corrected chi connectivity index (χ3v) is 8.54. The molecule has 0 bridgehead atoms. The van der Waals surface area contributed by atoms with E-state index >= 15 is 4.39 Å². The highest BCUT2D eigenvalue weighted by Gasteiger charge is 2.34. The van der Waals surface area contributed by atoms with Gasteiger partial charge in [0.25, 0.3) is 0 Å². The van der Waals surface area contributed by atoms with Crippen LogP contribution in [0.4, 0.5) is 10.2 Å². The van der Waals surface area contributed by atoms with E-state index < -0.39 is 11.5 Å². The second kappa shape index (κ2) is 11.4. The Morgan fingerprint density at radius 3 is 2.56 bits per heavy atom. The maximum atomic E-state index is 16.4. The first-order chi connectivity index (χ1) is 21.5. The molecule has 0 aliphatic carbocycles. The van der Waals surface area contributed by atoms with Crippen molar-refractivity contribution in [2.24, 2.45) is 0 Å². The van der Waals surface area contributed by atoms with Gasteiger partial charge in [0.05, 0.1) is 16.8 Å². The fourth-order valence-electron chi connectivity index (χ4n) is 6.34. The number of phenolic OH excluding ortho intramolecular Hbond substituents is 1. The predicted molar refractivity (Wildman–Crippen MR) is 175 cm³/mol. The van der Waals surface area contributed by atoms with Gasteiger partial charge in [-0.05, 0) is 73.4 Å². The number of pyridine rings is 2. The molecule has 2 atom stereocenters. The number of phenols is 1. The van der Waals surface area contributed by atoms with Crippen molar-refractivity contribution in [2.75, 3.05) is 18.0 Å². The number of halogens is 1. The van der Waals surface area contributed by atoms with Crippen molar-refractivity contribution in [1.29, 1.82) is 0 Å². The molecule has 0 saturated carbocycles. The van der Waals surface area contributed by atoms with Crippen LogP contribution in [-0.2, 0) is 4.79 Å². The first kappa shape index (κ1) is 29.9. The third-order valence-electron chi connectivity index (χ3n) is 8.54. The zero-order valence-electron chi connectivity index (χ0n) is 26.0. The highest BCUT2D eigenvalue weighted by atomic mass is 19.1. The third kappa shape index (κ3) is 5.09. The second-order valence-corrected chi connectivity index (χ2v) is 12.0. The van der Waals surface area contributed by atoms with Crippen LogP contribution in [0.25, 0.3) is 38.8 Å². The summed E-state index contributed by atoms with van der Waals surface area (Å²) in [4.78, 5) is 44.4. The molecule has 3 aromatic heterocycles. The highest BCUT2D eigenvalue weighted by Crippen LogP contribution is 2.37. The van der Waals surface area contributed by atoms with Crippen LogP contribution in [0.1, 0.15) is 44.9 Å². The molecule has 1 aliphatic heterocycles. The fourth-order valence-corrected chi connectivity index (χ4v) is 6.34. The molecule has 0 spiro atoms. The fraction of sp³-hybridized carbons (Fsp3) is 0.286. The minimum atomic E-state index is -0.625. The van der Waals surface area contributed by atoms with Gasteiger partial charge in [-0.2, -0.15) is 4.98 Å². The molecule has 0 radical (unpaired) electrons. The van der Waals surface area contributed by atoms with Gasteiger partial charge in [-0.3, -0.25) is 9.78 Å². The lowest BCUT2D eigenvalue weighted by atomic mass is 10.00. The molecule has 1 aliphatic rings. The SMILES string of the molecule is C=CC(=O)N1CC(C)N(c2nc(=O)n(-c3c(C)ccnc3C(C)C)c3nc(-c4cc(O)cc5ccccc45)c(F)cc23)CC1C. The summed E-state index contributed by atoms with van der Waals surface area (Å²) < 4.78 is 17.8. The number of aryl methyl sites for hydroxylation is 1. The van der Waals surface area contributed by atoms with E-state index in [2.05, 4.69) is 16.5 Å². The maximum Gasteiger partial charge on any atom is 0.355 e. The van der Waals surface area contributed by atoms with Crippen molar-refractivity contribution in [1.82, 2.24) is 24.4 Å². The molecular formula is C35H35FN6O3. The van der Waals surface area contributed by atoms with Crippen LogP contribution >= 0.6 is 0 Å². The summed E-state index contributed by atoms with van der Waals surface area (Å²) in [6.07, 6.45) is 3.00. The monoisotopic (exact) mass is 606 g/mol. The summed E-state index contributed by atoms with van der Waals surface area (Å²) >= 11 is 0. The lowest BCUT2D eigenvalue weighted by Gasteiger charge is -2.44. The van der Waals surface area contributed by atoms with E-state index in [-0.39, 0.29) is 41.0 Å². The number of aromatic hydroxyl groups is 1. The quantitative estimate of drug-likeness (QED) is 0.249. The lowest BCUT2D eigenvalue weighted by molar-refractivity contribution is -0.128. The zero-order valence-corrected chi connectivity index (χ0v) is 26.0. The molecule has 1 saturated heterocycles. The van der Waals surface area contributed by atoms with Crippen molar-refractivity contribution in [2.45, 2.75) is 52.6 Å². The number of anilines is 1. The molecule has 9 nitrogen and oxygen atoms in total. The number of benzene rings is 2. The van der Waals surface area contributed by atoms with Gasteiger partial charge in [0.1, 0.15) is 23.1 Å². The first-order valence-electron chi connectivity index (χ1n) is 15.0. The maximum absolute atomic E-state index is 16.4. The Bertz CT molecular complexity index is 2060. The number of nitrogens with zero attached hydrogens (tertiary/aromatic N) is 6. The van der Waals surface area contributed by atoms with Crippen LogP contribution in [0, 0.1) is 12.7 Å². The van der Waals surface area contributed by atoms with Gasteiger partial charge in [0.2, 0.25) is 5.91 Å². The second-order valence-electron chi connectivity index (χ2n) is 12.0. The average Bonchev–Trinajstić information content (AvgIpc) is 3.01. The van der Waals surface area contributed by atoms with E-state index in [0.29, 0.717) is 46.6 Å². The predicted octanol–water partition coefficient (Wildman–Crippen LogP) is 5.88. The van der Waals surface area contributed by atoms with E-state index in [1.165, 1.54) is 22.8 Å². The Morgan fingerprint density at radius 2 is 1.82 bits per heavy atom. The summed E-state index contributed by atoms with van der Waals surface area (Å²) in [5.41, 5.74) is 2.06. The molecular weight excluding hydrogens is 571 g/mol. The largest absolute Gasteiger partial charge is 0.508 e. The molecule has 6 rings (SSSR count). The average molecular weight is 607 g/mol. The van der Waals surface area contributed by atoms with Crippen molar-refractivity contribution >= 4 is 33.5 Å². The van der Waals surface area contributed by atoms with Gasteiger partial charge in [-0.25, -0.2) is 18.7 Å². The zero-order chi connectivity index (χ0) is 32.2. The van der Waals surface area contributed by atoms with Crippen molar-refractivity contribution in [3.05, 3.63) is 94.9 Å². The number of amides is 1. The topological polar surface area (TPSA) is 104 Å². The van der Waals surface area contributed by atoms with E-state index in [1.54, 1.807) is 17.2 Å². The van der Waals surface area contributed by atoms with E-state index in [0.717, 1.165) is 10.9 Å². The van der Waals surface area contributed by atoms with Crippen LogP contribution in [-0.4, -0.2) is 60.6 Å². The molecule has 5 aromatic rings. The van der Waals surface area contributed by atoms with Crippen LogP contribution in [0.2, 0.25) is 0 Å². The summed E-state index contributed by atoms with van der Waals surface area (Å²) in [6, 6.07) is 13.2. The molecule has 1 N–H and O–H groups in total. The molecule has 4 heterocycles. The van der Waals surface area contributed by atoms with Gasteiger partial charge >= 0.3 is 5.69 Å². The van der Waals surface area contributed by atoms with Crippen molar-refractivity contribution in [3.8, 4) is 22.7 Å². The Labute approximate surface area is 260 Å². The first-order valence-corrected chi connectivity index (χ1v) is 15.0. The highest BCUT2D eigenvalue weighted by molar-refractivity contribution is 5.99. The van der Waals surface area contributed by atoms with Crippen LogP contribution < -0.4 is 10.6 Å². The standard InChI is InChI=1S/C35H35FN6O3/c1-7-29(44)40-17-22(6)41(18-21(40)5)33-27-16-28(36)31(26-15-24(43)14-23-10-8-9-11-25(23)26)38-34(27)42(35(45)39-33)32-20(4)12-13-37-30(32)19(2)3/h7-16,19,21-22,43H,1,17-18H2,2-6H3. The van der Waals surface area contributed by atoms with E-state index in [9.17, 15) is 14.7 Å². The van der Waals surface area contributed by atoms with Gasteiger partial charge in [0, 0.05) is 36.9 Å². The summed E-state index contributed by atoms with van der Waals surface area (Å²) in [5.74, 6) is -0.570. The molecule has 2 unspecified atom stereocenters. The number of hydrogen-bond acceptors (Lipinski definition) is 7. The smallest absolute Gasteiger partial charge is 0.355 e. The summed E-state index contributed by atoms with van der Waals surface area (Å²) in [7, 11) is 0. The number of carbonyl (C=O) groups is 1. The minimum absolute atomic E-state index is 0.00430. The number of rotatable bonds is 5. The Morgan fingerprint density at radius 1 is 1.07 bits per heavy atom.